The van der Waals surface area contributed by atoms with Gasteiger partial charge in [-0.25, -0.2) is 0 Å². The van der Waals surface area contributed by atoms with Gasteiger partial charge in [0, 0.05) is 49.2 Å². The van der Waals surface area contributed by atoms with Crippen molar-refractivity contribution in [3.63, 3.8) is 0 Å². The number of benzene rings is 11. The van der Waals surface area contributed by atoms with Gasteiger partial charge in [-0.15, -0.1) is 0 Å². The zero-order valence-electron chi connectivity index (χ0n) is 45.5. The van der Waals surface area contributed by atoms with Crippen LogP contribution in [0.15, 0.2) is 231 Å². The molecule has 0 atom stereocenters. The van der Waals surface area contributed by atoms with Crippen LogP contribution < -0.4 is 0 Å². The predicted octanol–water partition coefficient (Wildman–Crippen LogP) is 20.3. The monoisotopic (exact) mass is 1010 g/mol. The van der Waals surface area contributed by atoms with Crippen LogP contribution in [0.5, 0.6) is 0 Å². The highest BCUT2D eigenvalue weighted by atomic mass is 15.0. The highest BCUT2D eigenvalue weighted by Gasteiger charge is 2.42. The molecule has 0 saturated carbocycles. The number of nitrogens with zero attached hydrogens (tertiary/aromatic N) is 2. The molecular formula is C77H58N2. The largest absolute Gasteiger partial charge is 0.309 e. The molecule has 3 aliphatic rings. The fourth-order valence-electron chi connectivity index (χ4n) is 14.5. The van der Waals surface area contributed by atoms with Crippen molar-refractivity contribution in [1.29, 1.82) is 0 Å². The molecule has 0 N–H and O–H groups in total. The maximum atomic E-state index is 2.54. The zero-order valence-corrected chi connectivity index (χ0v) is 45.5. The van der Waals surface area contributed by atoms with Crippen molar-refractivity contribution >= 4 is 55.8 Å². The molecule has 0 fully saturated rings. The highest BCUT2D eigenvalue weighted by molar-refractivity contribution is 6.12. The van der Waals surface area contributed by atoms with Gasteiger partial charge in [0.15, 0.2) is 0 Å². The predicted molar refractivity (Wildman–Crippen MR) is 334 cm³/mol. The van der Waals surface area contributed by atoms with Crippen molar-refractivity contribution in [1.82, 2.24) is 9.13 Å². The van der Waals surface area contributed by atoms with Gasteiger partial charge in [0.05, 0.1) is 22.1 Å². The highest BCUT2D eigenvalue weighted by Crippen LogP contribution is 2.57. The molecule has 0 saturated heterocycles. The van der Waals surface area contributed by atoms with Crippen LogP contribution in [0.3, 0.4) is 0 Å². The molecule has 79 heavy (non-hydrogen) atoms. The molecule has 0 aliphatic heterocycles. The number of para-hydroxylation sites is 3. The molecule has 2 heteroatoms. The Bertz CT molecular complexity index is 4780. The Morgan fingerprint density at radius 2 is 0.671 bits per heavy atom. The average Bonchev–Trinajstić information content (AvgIpc) is 3.78. The summed E-state index contributed by atoms with van der Waals surface area (Å²) >= 11 is 0. The first kappa shape index (κ1) is 45.9. The summed E-state index contributed by atoms with van der Waals surface area (Å²) in [6.45, 7) is 14.4. The topological polar surface area (TPSA) is 9.86 Å². The quantitative estimate of drug-likeness (QED) is 0.147. The summed E-state index contributed by atoms with van der Waals surface area (Å²) in [5.74, 6) is 0. The molecule has 0 unspecified atom stereocenters. The summed E-state index contributed by atoms with van der Waals surface area (Å²) in [4.78, 5) is 0. The van der Waals surface area contributed by atoms with E-state index in [1.54, 1.807) is 0 Å². The summed E-state index contributed by atoms with van der Waals surface area (Å²) in [6, 6.07) is 86.8. The fraction of sp³-hybridized carbons (Fsp3) is 0.117. The van der Waals surface area contributed by atoms with E-state index in [0.717, 1.165) is 0 Å². The minimum atomic E-state index is -0.169. The number of hydrogen-bond acceptors (Lipinski definition) is 0. The average molecular weight is 1010 g/mol. The number of hydrogen-bond donors (Lipinski definition) is 0. The molecule has 11 aromatic carbocycles. The first-order chi connectivity index (χ1) is 38.4. The van der Waals surface area contributed by atoms with Crippen LogP contribution in [0.25, 0.3) is 123 Å². The summed E-state index contributed by atoms with van der Waals surface area (Å²) in [7, 11) is 0. The second-order valence-electron chi connectivity index (χ2n) is 24.1. The maximum absolute atomic E-state index is 2.54. The SMILES string of the molecule is CC1(C)c2ccccc2-c2ccc(-n3c4ccccc4c4cc(-c5ccc6c(c5)C(C)(C)c5cc7c(cc5-6)C(C)(C)c5cc(C=Cc6ccc(-c8ccc9c(c8)c8ccccc8n9-c8ccccc8)cc6)ccc5-7)ccc43)cc21. The Hall–Kier alpha value is -9.24. The van der Waals surface area contributed by atoms with Crippen LogP contribution in [0.4, 0.5) is 0 Å². The third-order valence-electron chi connectivity index (χ3n) is 18.7. The molecule has 16 rings (SSSR count). The lowest BCUT2D eigenvalue weighted by Crippen LogP contribution is -2.17. The molecule has 0 bridgehead atoms. The maximum Gasteiger partial charge on any atom is 0.0541 e. The minimum absolute atomic E-state index is 0.0674. The summed E-state index contributed by atoms with van der Waals surface area (Å²) in [5, 5.41) is 5.09. The summed E-state index contributed by atoms with van der Waals surface area (Å²) in [6.07, 6.45) is 4.53. The van der Waals surface area contributed by atoms with Crippen molar-refractivity contribution < 1.29 is 0 Å². The minimum Gasteiger partial charge on any atom is -0.309 e. The van der Waals surface area contributed by atoms with E-state index in [0.29, 0.717) is 0 Å². The third-order valence-corrected chi connectivity index (χ3v) is 18.7. The second kappa shape index (κ2) is 16.4. The van der Waals surface area contributed by atoms with E-state index in [2.05, 4.69) is 293 Å². The molecule has 2 heterocycles. The Labute approximate surface area is 462 Å². The van der Waals surface area contributed by atoms with Crippen molar-refractivity contribution in [2.75, 3.05) is 0 Å². The Balaban J connectivity index is 0.682. The Morgan fingerprint density at radius 3 is 1.34 bits per heavy atom. The van der Waals surface area contributed by atoms with Crippen LogP contribution in [0, 0.1) is 0 Å². The smallest absolute Gasteiger partial charge is 0.0541 e. The standard InChI is InChI=1S/C77H58N2/c1-75(2)65-21-13-10-18-55(65)56-37-34-54(44-68(56)75)79-72-23-15-12-20-60(72)64-42-51(33-39-74(64)79)52-31-36-58-62-46-69-61(45-70(62)77(5,6)67(58)43-52)57-35-28-48(40-66(57)76(69,3)4)25-24-47-26-29-49(30-27-47)50-32-38-73-63(41-50)59-19-11-14-22-71(59)78(73)53-16-8-7-9-17-53/h7-46H,1-6H3. The van der Waals surface area contributed by atoms with Crippen molar-refractivity contribution in [3.8, 4) is 67.0 Å². The first-order valence-corrected chi connectivity index (χ1v) is 28.1. The van der Waals surface area contributed by atoms with E-state index < -0.39 is 0 Å². The van der Waals surface area contributed by atoms with Crippen LogP contribution in [0.2, 0.25) is 0 Å². The zero-order chi connectivity index (χ0) is 53.1. The van der Waals surface area contributed by atoms with Crippen LogP contribution >= 0.6 is 0 Å². The molecular weight excluding hydrogens is 953 g/mol. The van der Waals surface area contributed by atoms with E-state index in [1.165, 1.54) is 155 Å². The van der Waals surface area contributed by atoms with Gasteiger partial charge in [-0.1, -0.05) is 205 Å². The van der Waals surface area contributed by atoms with E-state index >= 15 is 0 Å². The van der Waals surface area contributed by atoms with Crippen LogP contribution in [0.1, 0.15) is 86.1 Å². The van der Waals surface area contributed by atoms with E-state index in [1.807, 2.05) is 0 Å². The van der Waals surface area contributed by atoms with Gasteiger partial charge >= 0.3 is 0 Å². The van der Waals surface area contributed by atoms with Crippen LogP contribution in [-0.4, -0.2) is 9.13 Å². The normalized spacial score (nSPS) is 15.0. The van der Waals surface area contributed by atoms with E-state index in [-0.39, 0.29) is 16.2 Å². The lowest BCUT2D eigenvalue weighted by Gasteiger charge is -2.24. The Kier molecular flexibility index (Phi) is 9.53. The first-order valence-electron chi connectivity index (χ1n) is 28.1. The number of aromatic nitrogens is 2. The molecule has 2 aromatic heterocycles. The lowest BCUT2D eigenvalue weighted by atomic mass is 9.79. The molecule has 0 radical (unpaired) electrons. The Morgan fingerprint density at radius 1 is 0.253 bits per heavy atom. The van der Waals surface area contributed by atoms with Gasteiger partial charge in [-0.2, -0.15) is 0 Å². The lowest BCUT2D eigenvalue weighted by molar-refractivity contribution is 0.652. The van der Waals surface area contributed by atoms with Crippen molar-refractivity contribution in [3.05, 3.63) is 275 Å². The van der Waals surface area contributed by atoms with Crippen molar-refractivity contribution in [2.45, 2.75) is 57.8 Å². The van der Waals surface area contributed by atoms with Gasteiger partial charge in [-0.3, -0.25) is 0 Å². The molecule has 0 spiro atoms. The molecule has 376 valence electrons. The van der Waals surface area contributed by atoms with Gasteiger partial charge in [0.25, 0.3) is 0 Å². The molecule has 2 nitrogen and oxygen atoms in total. The van der Waals surface area contributed by atoms with Gasteiger partial charge in [0.2, 0.25) is 0 Å². The number of rotatable bonds is 6. The third kappa shape index (κ3) is 6.58. The van der Waals surface area contributed by atoms with Gasteiger partial charge in [0.1, 0.15) is 0 Å². The second-order valence-corrected chi connectivity index (χ2v) is 24.1. The number of fused-ring (bicyclic) bond motifs is 15. The van der Waals surface area contributed by atoms with Gasteiger partial charge < -0.3 is 9.13 Å². The van der Waals surface area contributed by atoms with Gasteiger partial charge in [-0.05, 0) is 179 Å². The summed E-state index contributed by atoms with van der Waals surface area (Å²) < 4.78 is 4.85. The van der Waals surface area contributed by atoms with Crippen LogP contribution in [-0.2, 0) is 16.2 Å². The summed E-state index contributed by atoms with van der Waals surface area (Å²) in [5.41, 5.74) is 30.8. The van der Waals surface area contributed by atoms with E-state index in [9.17, 15) is 0 Å². The van der Waals surface area contributed by atoms with Crippen molar-refractivity contribution in [2.24, 2.45) is 0 Å². The van der Waals surface area contributed by atoms with E-state index in [4.69, 9.17) is 0 Å². The molecule has 0 amide bonds. The molecule has 13 aromatic rings. The molecule has 3 aliphatic carbocycles. The fourth-order valence-corrected chi connectivity index (χ4v) is 14.5.